The van der Waals surface area contributed by atoms with E-state index in [2.05, 4.69) is 37.0 Å². The fraction of sp³-hybridized carbons (Fsp3) is 0.235. The molecule has 0 atom stereocenters. The summed E-state index contributed by atoms with van der Waals surface area (Å²) in [6.45, 7) is 4.40. The van der Waals surface area contributed by atoms with Crippen molar-refractivity contribution >= 4 is 38.5 Å². The van der Waals surface area contributed by atoms with Gasteiger partial charge in [0, 0.05) is 11.7 Å². The van der Waals surface area contributed by atoms with Gasteiger partial charge in [-0.3, -0.25) is 4.31 Å². The molecule has 0 spiro atoms. The molecule has 0 radical (unpaired) electrons. The maximum Gasteiger partial charge on any atom is 0.264 e. The molecule has 0 unspecified atom stereocenters. The highest BCUT2D eigenvalue weighted by atomic mass is 32.4. The third kappa shape index (κ3) is 7.40. The Balaban J connectivity index is 1.93. The molecule has 0 saturated heterocycles. The van der Waals surface area contributed by atoms with Crippen molar-refractivity contribution in [3.05, 3.63) is 138 Å². The van der Waals surface area contributed by atoms with Gasteiger partial charge in [-0.25, -0.2) is 8.42 Å². The first-order valence-corrected chi connectivity index (χ1v) is 18.2. The number of hydrogen-bond donors (Lipinski definition) is 0. The maximum atomic E-state index is 14.4. The lowest BCUT2D eigenvalue weighted by molar-refractivity contribution is 0.453. The van der Waals surface area contributed by atoms with Gasteiger partial charge in [0.25, 0.3) is 10.0 Å². The van der Waals surface area contributed by atoms with Crippen LogP contribution in [0.1, 0.15) is 50.2 Å². The van der Waals surface area contributed by atoms with E-state index in [0.717, 1.165) is 53.1 Å². The zero-order valence-corrected chi connectivity index (χ0v) is 25.8. The lowest BCUT2D eigenvalue weighted by Crippen LogP contribution is -2.31. The summed E-state index contributed by atoms with van der Waals surface area (Å²) in [5.74, 6) is 2.13. The van der Waals surface area contributed by atoms with Gasteiger partial charge in [0.1, 0.15) is 0 Å². The summed E-state index contributed by atoms with van der Waals surface area (Å²) >= 11 is 6.57. The first-order chi connectivity index (χ1) is 19.3. The average Bonchev–Trinajstić information content (AvgIpc) is 2.99. The van der Waals surface area contributed by atoms with E-state index in [1.807, 2.05) is 85.8 Å². The molecule has 0 aliphatic rings. The molecule has 0 amide bonds. The summed E-state index contributed by atoms with van der Waals surface area (Å²) in [5, 5.41) is 2.10. The third-order valence-corrected chi connectivity index (χ3v) is 13.2. The molecule has 3 nitrogen and oxygen atoms in total. The Morgan fingerprint density at radius 3 is 1.80 bits per heavy atom. The lowest BCUT2D eigenvalue weighted by atomic mass is 10.1. The van der Waals surface area contributed by atoms with Crippen molar-refractivity contribution in [3.63, 3.8) is 0 Å². The monoisotopic (exact) mass is 587 g/mol. The molecule has 4 aromatic rings. The normalized spacial score (nSPS) is 12.3. The van der Waals surface area contributed by atoms with Crippen molar-refractivity contribution in [2.24, 2.45) is 0 Å². The summed E-state index contributed by atoms with van der Waals surface area (Å²) in [6, 6.07) is 34.8. The van der Waals surface area contributed by atoms with Crippen molar-refractivity contribution in [2.45, 2.75) is 57.4 Å². The van der Waals surface area contributed by atoms with Gasteiger partial charge in [-0.1, -0.05) is 147 Å². The molecule has 0 saturated carbocycles. The Morgan fingerprint density at radius 2 is 1.27 bits per heavy atom. The van der Waals surface area contributed by atoms with Crippen molar-refractivity contribution in [1.29, 1.82) is 0 Å². The van der Waals surface area contributed by atoms with Crippen LogP contribution in [0.3, 0.4) is 0 Å². The van der Waals surface area contributed by atoms with Gasteiger partial charge in [-0.05, 0) is 53.9 Å². The highest BCUT2D eigenvalue weighted by Crippen LogP contribution is 2.48. The van der Waals surface area contributed by atoms with Gasteiger partial charge < -0.3 is 0 Å². The molecule has 4 aromatic carbocycles. The van der Waals surface area contributed by atoms with E-state index in [-0.39, 0.29) is 6.54 Å². The van der Waals surface area contributed by atoms with Gasteiger partial charge in [0.05, 0.1) is 11.4 Å². The molecule has 0 aromatic heterocycles. The Bertz CT molecular complexity index is 1490. The van der Waals surface area contributed by atoms with Gasteiger partial charge in [0.15, 0.2) is 0 Å². The number of sulfonamides is 1. The number of nitrogens with zero attached hydrogens (tertiary/aromatic N) is 1. The number of aryl methyl sites for hydroxylation is 1. The van der Waals surface area contributed by atoms with Crippen LogP contribution in [0.15, 0.2) is 132 Å². The molecule has 40 heavy (non-hydrogen) atoms. The van der Waals surface area contributed by atoms with Crippen molar-refractivity contribution in [3.8, 4) is 0 Å². The predicted octanol–water partition coefficient (Wildman–Crippen LogP) is 8.13. The molecule has 0 N–H and O–H groups in total. The second kappa shape index (κ2) is 14.1. The second-order valence-corrected chi connectivity index (χ2v) is 16.3. The zero-order valence-electron chi connectivity index (χ0n) is 23.3. The van der Waals surface area contributed by atoms with E-state index < -0.39 is 16.1 Å². The molecule has 6 heteroatoms. The van der Waals surface area contributed by atoms with Crippen LogP contribution in [-0.4, -0.2) is 12.7 Å². The van der Waals surface area contributed by atoms with Crippen LogP contribution in [0.5, 0.6) is 0 Å². The van der Waals surface area contributed by atoms with E-state index in [1.165, 1.54) is 0 Å². The topological polar surface area (TPSA) is 37.4 Å². The van der Waals surface area contributed by atoms with E-state index in [4.69, 9.17) is 11.8 Å². The van der Waals surface area contributed by atoms with Crippen LogP contribution in [0, 0.1) is 6.92 Å². The number of unbranched alkanes of at least 4 members (excludes halogenated alkanes) is 3. The number of rotatable bonds is 13. The van der Waals surface area contributed by atoms with Crippen LogP contribution in [0.4, 0.5) is 0 Å². The molecule has 208 valence electrons. The van der Waals surface area contributed by atoms with Crippen LogP contribution in [0.2, 0.25) is 0 Å². The molecule has 0 heterocycles. The Morgan fingerprint density at radius 1 is 0.750 bits per heavy atom. The Labute approximate surface area is 245 Å². The minimum absolute atomic E-state index is 0.246. The first-order valence-electron chi connectivity index (χ1n) is 13.9. The standard InChI is InChI=1S/C34H38NO2PS2/c1-3-4-5-11-18-31(28-38(39,32-19-12-7-13-20-32)33-21-14-8-15-22-33)35(27-30-16-9-6-10-17-30)40(36,37)34-25-23-29(2)24-26-34/h6-10,12-17,19-26,28H,3-5,11,18,27H2,1-2H3/b31-28+. The van der Waals surface area contributed by atoms with Crippen molar-refractivity contribution in [1.82, 2.24) is 4.31 Å². The lowest BCUT2D eigenvalue weighted by Gasteiger charge is -2.30. The van der Waals surface area contributed by atoms with Crippen LogP contribution in [0.25, 0.3) is 0 Å². The largest absolute Gasteiger partial charge is 0.266 e. The van der Waals surface area contributed by atoms with E-state index in [9.17, 15) is 8.42 Å². The Hall–Kier alpha value is -2.98. The minimum atomic E-state index is -3.86. The molecule has 0 aliphatic carbocycles. The summed E-state index contributed by atoms with van der Waals surface area (Å²) in [7, 11) is -3.86. The average molecular weight is 588 g/mol. The highest BCUT2D eigenvalue weighted by molar-refractivity contribution is 8.23. The van der Waals surface area contributed by atoms with Gasteiger partial charge >= 0.3 is 0 Å². The summed E-state index contributed by atoms with van der Waals surface area (Å²) in [4.78, 5) is 0.293. The fourth-order valence-corrected chi connectivity index (χ4v) is 9.92. The highest BCUT2D eigenvalue weighted by Gasteiger charge is 2.30. The van der Waals surface area contributed by atoms with E-state index in [0.29, 0.717) is 11.3 Å². The number of allylic oxidation sites excluding steroid dienone is 1. The fourth-order valence-electron chi connectivity index (χ4n) is 4.72. The Kier molecular flexibility index (Phi) is 10.6. The van der Waals surface area contributed by atoms with Crippen molar-refractivity contribution in [2.75, 3.05) is 0 Å². The van der Waals surface area contributed by atoms with E-state index in [1.54, 1.807) is 16.4 Å². The summed E-state index contributed by atoms with van der Waals surface area (Å²) in [5.41, 5.74) is 2.73. The first kappa shape index (κ1) is 30.0. The molecular weight excluding hydrogens is 549 g/mol. The predicted molar refractivity (Wildman–Crippen MR) is 174 cm³/mol. The SMILES string of the molecule is CCCCCC/C(=C\P(=S)(c1ccccc1)c1ccccc1)N(Cc1ccccc1)S(=O)(=O)c1ccc(C)cc1. The van der Waals surface area contributed by atoms with Gasteiger partial charge in [-0.2, -0.15) is 0 Å². The van der Waals surface area contributed by atoms with E-state index >= 15 is 0 Å². The van der Waals surface area contributed by atoms with Crippen LogP contribution >= 0.6 is 6.04 Å². The number of benzene rings is 4. The van der Waals surface area contributed by atoms with Gasteiger partial charge in [0.2, 0.25) is 0 Å². The summed E-state index contributed by atoms with van der Waals surface area (Å²) < 4.78 is 30.4. The minimum Gasteiger partial charge on any atom is -0.266 e. The zero-order chi connectivity index (χ0) is 28.4. The second-order valence-electron chi connectivity index (χ2n) is 10.1. The molecule has 0 aliphatic heterocycles. The number of hydrogen-bond acceptors (Lipinski definition) is 3. The smallest absolute Gasteiger partial charge is 0.264 e. The van der Waals surface area contributed by atoms with Crippen molar-refractivity contribution < 1.29 is 8.42 Å². The summed E-state index contributed by atoms with van der Waals surface area (Å²) in [6.07, 6.45) is 4.79. The van der Waals surface area contributed by atoms with Crippen LogP contribution < -0.4 is 10.6 Å². The molecule has 0 bridgehead atoms. The molecule has 4 rings (SSSR count). The van der Waals surface area contributed by atoms with Gasteiger partial charge in [-0.15, -0.1) is 0 Å². The quantitative estimate of drug-likeness (QED) is 0.117. The maximum absolute atomic E-state index is 14.4. The molecular formula is C34H38NO2PS2. The van der Waals surface area contributed by atoms with Crippen LogP contribution in [-0.2, 0) is 28.4 Å². The third-order valence-electron chi connectivity index (χ3n) is 7.00. The molecule has 0 fully saturated rings.